The van der Waals surface area contributed by atoms with Crippen molar-refractivity contribution < 1.29 is 4.74 Å². The molecule has 1 aliphatic carbocycles. The Balaban J connectivity index is 2.17. The molecule has 0 aromatic heterocycles. The number of hydrogen-bond acceptors (Lipinski definition) is 3. The van der Waals surface area contributed by atoms with Crippen molar-refractivity contribution in [1.29, 1.82) is 0 Å². The van der Waals surface area contributed by atoms with Gasteiger partial charge in [-0.1, -0.05) is 13.8 Å². The van der Waals surface area contributed by atoms with Crippen molar-refractivity contribution >= 4 is 0 Å². The molecule has 0 radical (unpaired) electrons. The Bertz CT molecular complexity index is 229. The molecule has 1 saturated carbocycles. The highest BCUT2D eigenvalue weighted by Crippen LogP contribution is 2.56. The van der Waals surface area contributed by atoms with Crippen LogP contribution in [0.2, 0.25) is 0 Å². The standard InChI is InChI=1S/C11H22N2O/c1-10(2)9-8(5-4-6-14-9)11(10,12)7-13-3/h8-9,13H,4-7,12H2,1-3H3. The molecule has 2 fully saturated rings. The van der Waals surface area contributed by atoms with Gasteiger partial charge in [0.05, 0.1) is 6.10 Å². The van der Waals surface area contributed by atoms with Gasteiger partial charge in [-0.3, -0.25) is 0 Å². The summed E-state index contributed by atoms with van der Waals surface area (Å²) in [6.07, 6.45) is 2.78. The minimum atomic E-state index is -0.0766. The Hall–Kier alpha value is -0.120. The van der Waals surface area contributed by atoms with Crippen LogP contribution >= 0.6 is 0 Å². The zero-order valence-electron chi connectivity index (χ0n) is 9.47. The van der Waals surface area contributed by atoms with E-state index in [4.69, 9.17) is 10.5 Å². The fourth-order valence-electron chi connectivity index (χ4n) is 3.32. The second-order valence-electron chi connectivity index (χ2n) is 5.33. The monoisotopic (exact) mass is 198 g/mol. The summed E-state index contributed by atoms with van der Waals surface area (Å²) in [5.74, 6) is 0.554. The number of nitrogens with one attached hydrogen (secondary N) is 1. The van der Waals surface area contributed by atoms with Crippen molar-refractivity contribution in [2.75, 3.05) is 20.2 Å². The highest BCUT2D eigenvalue weighted by Gasteiger charge is 2.65. The third-order valence-electron chi connectivity index (χ3n) is 4.36. The van der Waals surface area contributed by atoms with E-state index < -0.39 is 0 Å². The normalized spacial score (nSPS) is 45.4. The van der Waals surface area contributed by atoms with E-state index >= 15 is 0 Å². The van der Waals surface area contributed by atoms with Crippen LogP contribution < -0.4 is 11.1 Å². The molecule has 0 aromatic carbocycles. The van der Waals surface area contributed by atoms with Gasteiger partial charge in [-0.25, -0.2) is 0 Å². The molecule has 14 heavy (non-hydrogen) atoms. The SMILES string of the molecule is CNCC1(N)C2CCCOC2C1(C)C. The molecule has 2 aliphatic rings. The second kappa shape index (κ2) is 3.19. The van der Waals surface area contributed by atoms with E-state index in [2.05, 4.69) is 19.2 Å². The smallest absolute Gasteiger partial charge is 0.0690 e. The lowest BCUT2D eigenvalue weighted by Gasteiger charge is -2.66. The van der Waals surface area contributed by atoms with Gasteiger partial charge in [-0.05, 0) is 19.9 Å². The maximum absolute atomic E-state index is 6.50. The Labute approximate surface area is 86.4 Å². The Morgan fingerprint density at radius 2 is 2.21 bits per heavy atom. The first kappa shape index (κ1) is 10.4. The molecule has 1 heterocycles. The summed E-state index contributed by atoms with van der Waals surface area (Å²) in [7, 11) is 1.97. The predicted octanol–water partition coefficient (Wildman–Crippen LogP) is 0.738. The summed E-state index contributed by atoms with van der Waals surface area (Å²) in [6, 6.07) is 0. The lowest BCUT2D eigenvalue weighted by atomic mass is 9.46. The number of rotatable bonds is 2. The van der Waals surface area contributed by atoms with Gasteiger partial charge in [0.2, 0.25) is 0 Å². The van der Waals surface area contributed by atoms with E-state index in [1.54, 1.807) is 0 Å². The van der Waals surface area contributed by atoms with Crippen LogP contribution in [0.3, 0.4) is 0 Å². The quantitative estimate of drug-likeness (QED) is 0.688. The number of fused-ring (bicyclic) bond motifs is 1. The number of likely N-dealkylation sites (N-methyl/N-ethyl adjacent to an activating group) is 1. The molecule has 3 nitrogen and oxygen atoms in total. The number of hydrogen-bond donors (Lipinski definition) is 2. The van der Waals surface area contributed by atoms with Crippen molar-refractivity contribution in [2.24, 2.45) is 17.1 Å². The van der Waals surface area contributed by atoms with Crippen LogP contribution in [-0.4, -0.2) is 31.8 Å². The molecule has 3 atom stereocenters. The summed E-state index contributed by atoms with van der Waals surface area (Å²) < 4.78 is 5.83. The minimum Gasteiger partial charge on any atom is -0.377 e. The summed E-state index contributed by atoms with van der Waals surface area (Å²) in [4.78, 5) is 0. The molecule has 3 heteroatoms. The molecule has 1 saturated heterocycles. The van der Waals surface area contributed by atoms with Gasteiger partial charge in [0.15, 0.2) is 0 Å². The Kier molecular flexibility index (Phi) is 2.37. The topological polar surface area (TPSA) is 47.3 Å². The summed E-state index contributed by atoms with van der Waals surface area (Å²) in [5, 5.41) is 3.22. The lowest BCUT2D eigenvalue weighted by molar-refractivity contribution is -0.225. The first-order valence-corrected chi connectivity index (χ1v) is 5.59. The molecular formula is C11H22N2O. The van der Waals surface area contributed by atoms with Crippen molar-refractivity contribution in [1.82, 2.24) is 5.32 Å². The zero-order chi connectivity index (χ0) is 10.4. The van der Waals surface area contributed by atoms with E-state index in [1.807, 2.05) is 7.05 Å². The van der Waals surface area contributed by atoms with Crippen LogP contribution in [0.4, 0.5) is 0 Å². The van der Waals surface area contributed by atoms with Crippen LogP contribution in [0.25, 0.3) is 0 Å². The van der Waals surface area contributed by atoms with Gasteiger partial charge >= 0.3 is 0 Å². The van der Waals surface area contributed by atoms with Gasteiger partial charge in [0, 0.05) is 30.0 Å². The van der Waals surface area contributed by atoms with E-state index in [0.717, 1.165) is 13.2 Å². The number of ether oxygens (including phenoxy) is 1. The van der Waals surface area contributed by atoms with Crippen LogP contribution in [0, 0.1) is 11.3 Å². The van der Waals surface area contributed by atoms with Crippen LogP contribution in [0.5, 0.6) is 0 Å². The largest absolute Gasteiger partial charge is 0.377 e. The zero-order valence-corrected chi connectivity index (χ0v) is 9.47. The molecule has 1 aliphatic heterocycles. The van der Waals surface area contributed by atoms with E-state index in [1.165, 1.54) is 12.8 Å². The summed E-state index contributed by atoms with van der Waals surface area (Å²) in [6.45, 7) is 6.28. The molecule has 0 aromatic rings. The van der Waals surface area contributed by atoms with Gasteiger partial charge in [0.25, 0.3) is 0 Å². The van der Waals surface area contributed by atoms with Gasteiger partial charge in [0.1, 0.15) is 0 Å². The lowest BCUT2D eigenvalue weighted by Crippen LogP contribution is -2.80. The third kappa shape index (κ3) is 1.09. The molecule has 3 unspecified atom stereocenters. The van der Waals surface area contributed by atoms with Gasteiger partial charge in [-0.2, -0.15) is 0 Å². The average molecular weight is 198 g/mol. The van der Waals surface area contributed by atoms with Crippen LogP contribution in [-0.2, 0) is 4.74 Å². The van der Waals surface area contributed by atoms with Crippen molar-refractivity contribution in [3.63, 3.8) is 0 Å². The molecule has 0 bridgehead atoms. The predicted molar refractivity (Wildman–Crippen MR) is 57.1 cm³/mol. The Morgan fingerprint density at radius 3 is 2.86 bits per heavy atom. The van der Waals surface area contributed by atoms with Crippen molar-refractivity contribution in [3.05, 3.63) is 0 Å². The fourth-order valence-corrected chi connectivity index (χ4v) is 3.32. The molecule has 0 spiro atoms. The maximum Gasteiger partial charge on any atom is 0.0690 e. The first-order valence-electron chi connectivity index (χ1n) is 5.59. The Morgan fingerprint density at radius 1 is 1.50 bits per heavy atom. The third-order valence-corrected chi connectivity index (χ3v) is 4.36. The molecule has 3 N–H and O–H groups in total. The van der Waals surface area contributed by atoms with E-state index in [-0.39, 0.29) is 11.0 Å². The number of nitrogens with two attached hydrogens (primary N) is 1. The highest BCUT2D eigenvalue weighted by atomic mass is 16.5. The summed E-state index contributed by atoms with van der Waals surface area (Å²) in [5.41, 5.74) is 6.54. The van der Waals surface area contributed by atoms with Crippen molar-refractivity contribution in [2.45, 2.75) is 38.3 Å². The maximum atomic E-state index is 6.50. The molecule has 0 amide bonds. The molecule has 2 rings (SSSR count). The summed E-state index contributed by atoms with van der Waals surface area (Å²) >= 11 is 0. The van der Waals surface area contributed by atoms with Crippen LogP contribution in [0.1, 0.15) is 26.7 Å². The van der Waals surface area contributed by atoms with Gasteiger partial charge in [-0.15, -0.1) is 0 Å². The van der Waals surface area contributed by atoms with Crippen LogP contribution in [0.15, 0.2) is 0 Å². The molecular weight excluding hydrogens is 176 g/mol. The average Bonchev–Trinajstić information content (AvgIpc) is 2.18. The minimum absolute atomic E-state index is 0.0766. The van der Waals surface area contributed by atoms with Gasteiger partial charge < -0.3 is 15.8 Å². The highest BCUT2D eigenvalue weighted by molar-refractivity contribution is 5.20. The van der Waals surface area contributed by atoms with E-state index in [9.17, 15) is 0 Å². The first-order chi connectivity index (χ1) is 6.54. The van der Waals surface area contributed by atoms with E-state index in [0.29, 0.717) is 12.0 Å². The van der Waals surface area contributed by atoms with Crippen molar-refractivity contribution in [3.8, 4) is 0 Å². The molecule has 82 valence electrons. The fraction of sp³-hybridized carbons (Fsp3) is 1.00. The second-order valence-corrected chi connectivity index (χ2v) is 5.33.